The first kappa shape index (κ1) is 18.6. The maximum absolute atomic E-state index is 12.6. The number of ether oxygens (including phenoxy) is 2. The molecular formula is C17H30N4O4. The Hall–Kier alpha value is -1.22. The third-order valence-electron chi connectivity index (χ3n) is 5.36. The van der Waals surface area contributed by atoms with E-state index in [0.29, 0.717) is 59.2 Å². The zero-order chi connectivity index (χ0) is 17.6. The van der Waals surface area contributed by atoms with Gasteiger partial charge in [-0.25, -0.2) is 0 Å². The van der Waals surface area contributed by atoms with Crippen molar-refractivity contribution in [2.75, 3.05) is 85.3 Å². The van der Waals surface area contributed by atoms with Gasteiger partial charge in [-0.3, -0.25) is 19.4 Å². The predicted octanol–water partition coefficient (Wildman–Crippen LogP) is -1.29. The second-order valence-corrected chi connectivity index (χ2v) is 6.92. The van der Waals surface area contributed by atoms with Gasteiger partial charge in [-0.15, -0.1) is 0 Å². The summed E-state index contributed by atoms with van der Waals surface area (Å²) in [6.07, 6.45) is 0. The summed E-state index contributed by atoms with van der Waals surface area (Å²) in [5.41, 5.74) is 0. The summed E-state index contributed by atoms with van der Waals surface area (Å²) < 4.78 is 10.6. The Bertz CT molecular complexity index is 456. The van der Waals surface area contributed by atoms with Crippen molar-refractivity contribution in [1.29, 1.82) is 0 Å². The fourth-order valence-electron chi connectivity index (χ4n) is 3.61. The van der Waals surface area contributed by atoms with Crippen LogP contribution in [-0.2, 0) is 19.1 Å². The Kier molecular flexibility index (Phi) is 6.63. The van der Waals surface area contributed by atoms with Gasteiger partial charge in [0.25, 0.3) is 0 Å². The molecule has 0 aromatic rings. The van der Waals surface area contributed by atoms with E-state index in [2.05, 4.69) is 9.80 Å². The summed E-state index contributed by atoms with van der Waals surface area (Å²) in [5.74, 6) is 0.366. The Morgan fingerprint density at radius 1 is 0.800 bits per heavy atom. The van der Waals surface area contributed by atoms with Crippen molar-refractivity contribution in [2.45, 2.75) is 13.0 Å². The third kappa shape index (κ3) is 4.91. The number of nitrogens with zero attached hydrogens (tertiary/aromatic N) is 4. The van der Waals surface area contributed by atoms with Crippen molar-refractivity contribution in [3.63, 3.8) is 0 Å². The van der Waals surface area contributed by atoms with Gasteiger partial charge in [0, 0.05) is 52.4 Å². The van der Waals surface area contributed by atoms with Crippen molar-refractivity contribution in [2.24, 2.45) is 0 Å². The van der Waals surface area contributed by atoms with E-state index < -0.39 is 0 Å². The molecule has 0 spiro atoms. The molecule has 0 bridgehead atoms. The first-order valence-corrected chi connectivity index (χ1v) is 9.33. The maximum Gasteiger partial charge on any atom is 0.239 e. The van der Waals surface area contributed by atoms with Gasteiger partial charge in [-0.2, -0.15) is 0 Å². The SMILES string of the molecule is CC(C(=O)N1CCOCC1)N1CCN(C(=O)CN2CCOCC2)CC1. The van der Waals surface area contributed by atoms with Gasteiger partial charge in [-0.1, -0.05) is 0 Å². The highest BCUT2D eigenvalue weighted by atomic mass is 16.5. The number of hydrogen-bond acceptors (Lipinski definition) is 6. The lowest BCUT2D eigenvalue weighted by atomic mass is 10.2. The van der Waals surface area contributed by atoms with Crippen LogP contribution in [0.15, 0.2) is 0 Å². The number of rotatable bonds is 4. The van der Waals surface area contributed by atoms with Crippen LogP contribution in [0.4, 0.5) is 0 Å². The number of carbonyl (C=O) groups is 2. The molecule has 0 radical (unpaired) electrons. The molecule has 1 atom stereocenters. The van der Waals surface area contributed by atoms with Crippen molar-refractivity contribution in [3.05, 3.63) is 0 Å². The Morgan fingerprint density at radius 2 is 1.36 bits per heavy atom. The Labute approximate surface area is 149 Å². The van der Waals surface area contributed by atoms with Gasteiger partial charge in [0.2, 0.25) is 11.8 Å². The van der Waals surface area contributed by atoms with Gasteiger partial charge >= 0.3 is 0 Å². The van der Waals surface area contributed by atoms with Gasteiger partial charge in [-0.05, 0) is 6.92 Å². The fraction of sp³-hybridized carbons (Fsp3) is 0.882. The number of carbonyl (C=O) groups excluding carboxylic acids is 2. The standard InChI is InChI=1S/C17H30N4O4/c1-15(17(23)21-8-12-25-13-9-21)19-2-4-20(5-3-19)16(22)14-18-6-10-24-11-7-18/h15H,2-14H2,1H3. The first-order chi connectivity index (χ1) is 12.1. The molecule has 3 heterocycles. The lowest BCUT2D eigenvalue weighted by molar-refractivity contribution is -0.142. The number of amides is 2. The minimum atomic E-state index is -0.130. The molecule has 0 saturated carbocycles. The summed E-state index contributed by atoms with van der Waals surface area (Å²) >= 11 is 0. The van der Waals surface area contributed by atoms with Crippen LogP contribution in [0.2, 0.25) is 0 Å². The predicted molar refractivity (Wildman–Crippen MR) is 92.3 cm³/mol. The smallest absolute Gasteiger partial charge is 0.239 e. The summed E-state index contributed by atoms with van der Waals surface area (Å²) in [6, 6.07) is -0.130. The molecule has 3 fully saturated rings. The highest BCUT2D eigenvalue weighted by molar-refractivity contribution is 5.82. The quantitative estimate of drug-likeness (QED) is 0.626. The largest absolute Gasteiger partial charge is 0.379 e. The van der Waals surface area contributed by atoms with Crippen molar-refractivity contribution in [1.82, 2.24) is 19.6 Å². The molecule has 0 aromatic heterocycles. The molecule has 8 heteroatoms. The molecule has 0 N–H and O–H groups in total. The highest BCUT2D eigenvalue weighted by Gasteiger charge is 2.31. The van der Waals surface area contributed by atoms with Gasteiger partial charge < -0.3 is 19.3 Å². The molecule has 3 rings (SSSR count). The normalized spacial score (nSPS) is 25.0. The van der Waals surface area contributed by atoms with E-state index in [-0.39, 0.29) is 17.9 Å². The molecule has 3 aliphatic heterocycles. The van der Waals surface area contributed by atoms with Crippen LogP contribution in [0.5, 0.6) is 0 Å². The average Bonchev–Trinajstić information content (AvgIpc) is 2.68. The van der Waals surface area contributed by atoms with Crippen LogP contribution in [0.3, 0.4) is 0 Å². The minimum absolute atomic E-state index is 0.130. The molecule has 2 amide bonds. The second kappa shape index (κ2) is 8.93. The lowest BCUT2D eigenvalue weighted by Crippen LogP contribution is -2.57. The van der Waals surface area contributed by atoms with Crippen molar-refractivity contribution >= 4 is 11.8 Å². The van der Waals surface area contributed by atoms with E-state index in [4.69, 9.17) is 9.47 Å². The van der Waals surface area contributed by atoms with Gasteiger partial charge in [0.1, 0.15) is 0 Å². The Balaban J connectivity index is 1.42. The van der Waals surface area contributed by atoms with Crippen molar-refractivity contribution < 1.29 is 19.1 Å². The average molecular weight is 354 g/mol. The molecule has 3 saturated heterocycles. The molecule has 1 unspecified atom stereocenters. The summed E-state index contributed by atoms with van der Waals surface area (Å²) in [6.45, 7) is 11.1. The maximum atomic E-state index is 12.6. The zero-order valence-corrected chi connectivity index (χ0v) is 15.2. The van der Waals surface area contributed by atoms with Crippen molar-refractivity contribution in [3.8, 4) is 0 Å². The van der Waals surface area contributed by atoms with Crippen LogP contribution >= 0.6 is 0 Å². The van der Waals surface area contributed by atoms with Crippen LogP contribution in [-0.4, -0.2) is 123 Å². The number of morpholine rings is 2. The van der Waals surface area contributed by atoms with E-state index in [0.717, 1.165) is 26.2 Å². The summed E-state index contributed by atoms with van der Waals surface area (Å²) in [4.78, 5) is 33.2. The van der Waals surface area contributed by atoms with Crippen LogP contribution < -0.4 is 0 Å². The summed E-state index contributed by atoms with van der Waals surface area (Å²) in [5, 5.41) is 0. The molecule has 0 aromatic carbocycles. The molecular weight excluding hydrogens is 324 g/mol. The summed E-state index contributed by atoms with van der Waals surface area (Å²) in [7, 11) is 0. The highest BCUT2D eigenvalue weighted by Crippen LogP contribution is 2.11. The molecule has 142 valence electrons. The first-order valence-electron chi connectivity index (χ1n) is 9.33. The molecule has 3 aliphatic rings. The zero-order valence-electron chi connectivity index (χ0n) is 15.2. The van der Waals surface area contributed by atoms with E-state index in [1.165, 1.54) is 0 Å². The molecule has 8 nitrogen and oxygen atoms in total. The van der Waals surface area contributed by atoms with Crippen LogP contribution in [0.1, 0.15) is 6.92 Å². The van der Waals surface area contributed by atoms with Crippen LogP contribution in [0.25, 0.3) is 0 Å². The topological polar surface area (TPSA) is 65.6 Å². The fourth-order valence-corrected chi connectivity index (χ4v) is 3.61. The monoisotopic (exact) mass is 354 g/mol. The Morgan fingerprint density at radius 3 is 1.96 bits per heavy atom. The van der Waals surface area contributed by atoms with E-state index in [1.54, 1.807) is 0 Å². The van der Waals surface area contributed by atoms with E-state index >= 15 is 0 Å². The van der Waals surface area contributed by atoms with E-state index in [9.17, 15) is 9.59 Å². The number of hydrogen-bond donors (Lipinski definition) is 0. The minimum Gasteiger partial charge on any atom is -0.379 e. The van der Waals surface area contributed by atoms with Crippen LogP contribution in [0, 0.1) is 0 Å². The number of piperazine rings is 1. The third-order valence-corrected chi connectivity index (χ3v) is 5.36. The van der Waals surface area contributed by atoms with Gasteiger partial charge in [0.05, 0.1) is 39.0 Å². The lowest BCUT2D eigenvalue weighted by Gasteiger charge is -2.40. The molecule has 25 heavy (non-hydrogen) atoms. The van der Waals surface area contributed by atoms with E-state index in [1.807, 2.05) is 16.7 Å². The molecule has 0 aliphatic carbocycles. The second-order valence-electron chi connectivity index (χ2n) is 6.92. The van der Waals surface area contributed by atoms with Gasteiger partial charge in [0.15, 0.2) is 0 Å².